The molecule has 1 saturated heterocycles. The number of H-pyrrole nitrogens is 1. The first-order valence-electron chi connectivity index (χ1n) is 5.79. The number of likely N-dealkylation sites (tertiary alicyclic amines) is 1. The molecule has 18 heavy (non-hydrogen) atoms. The van der Waals surface area contributed by atoms with E-state index < -0.39 is 11.9 Å². The number of carboxylic acid groups (broad SMARTS) is 1. The number of hydrogen-bond acceptors (Lipinski definition) is 3. The second-order valence-electron chi connectivity index (χ2n) is 4.36. The van der Waals surface area contributed by atoms with E-state index >= 15 is 0 Å². The van der Waals surface area contributed by atoms with Crippen molar-refractivity contribution in [3.05, 3.63) is 34.2 Å². The summed E-state index contributed by atoms with van der Waals surface area (Å²) in [5, 5.41) is 8.96. The SMILES string of the molecule is O=C(O)[C@@H]1CCCN(C(=O)c2cccc(=O)[nH]2)C1. The van der Waals surface area contributed by atoms with Crippen LogP contribution in [-0.4, -0.2) is 40.0 Å². The quantitative estimate of drug-likeness (QED) is 0.790. The van der Waals surface area contributed by atoms with Gasteiger partial charge in [0.2, 0.25) is 5.56 Å². The van der Waals surface area contributed by atoms with Crippen molar-refractivity contribution in [2.75, 3.05) is 13.1 Å². The summed E-state index contributed by atoms with van der Waals surface area (Å²) in [6.07, 6.45) is 1.25. The number of hydrogen-bond donors (Lipinski definition) is 2. The van der Waals surface area contributed by atoms with Gasteiger partial charge in [-0.1, -0.05) is 6.07 Å². The fourth-order valence-electron chi connectivity index (χ4n) is 2.11. The van der Waals surface area contributed by atoms with E-state index in [0.29, 0.717) is 19.4 Å². The molecule has 6 heteroatoms. The van der Waals surface area contributed by atoms with E-state index in [0.717, 1.165) is 0 Å². The van der Waals surface area contributed by atoms with Gasteiger partial charge in [-0.2, -0.15) is 0 Å². The summed E-state index contributed by atoms with van der Waals surface area (Å²) in [5.74, 6) is -1.72. The fourth-order valence-corrected chi connectivity index (χ4v) is 2.11. The van der Waals surface area contributed by atoms with Crippen molar-refractivity contribution in [3.63, 3.8) is 0 Å². The molecule has 1 atom stereocenters. The predicted molar refractivity (Wildman–Crippen MR) is 63.3 cm³/mol. The van der Waals surface area contributed by atoms with Crippen LogP contribution in [0.5, 0.6) is 0 Å². The maximum absolute atomic E-state index is 12.1. The Labute approximate surface area is 103 Å². The highest BCUT2D eigenvalue weighted by molar-refractivity contribution is 5.92. The number of nitrogens with zero attached hydrogens (tertiary/aromatic N) is 1. The van der Waals surface area contributed by atoms with Gasteiger partial charge >= 0.3 is 5.97 Å². The van der Waals surface area contributed by atoms with E-state index in [2.05, 4.69) is 4.98 Å². The van der Waals surface area contributed by atoms with Gasteiger partial charge < -0.3 is 15.0 Å². The lowest BCUT2D eigenvalue weighted by Gasteiger charge is -2.30. The summed E-state index contributed by atoms with van der Waals surface area (Å²) in [4.78, 5) is 38.1. The van der Waals surface area contributed by atoms with Gasteiger partial charge in [0.15, 0.2) is 0 Å². The van der Waals surface area contributed by atoms with Crippen molar-refractivity contribution in [1.82, 2.24) is 9.88 Å². The average Bonchev–Trinajstić information content (AvgIpc) is 2.38. The van der Waals surface area contributed by atoms with Crippen LogP contribution in [-0.2, 0) is 4.79 Å². The Morgan fingerprint density at radius 3 is 2.83 bits per heavy atom. The molecule has 2 heterocycles. The van der Waals surface area contributed by atoms with Gasteiger partial charge in [0.1, 0.15) is 5.69 Å². The van der Waals surface area contributed by atoms with Crippen molar-refractivity contribution in [2.45, 2.75) is 12.8 Å². The lowest BCUT2D eigenvalue weighted by atomic mass is 9.98. The Morgan fingerprint density at radius 1 is 1.39 bits per heavy atom. The van der Waals surface area contributed by atoms with Crippen molar-refractivity contribution in [3.8, 4) is 0 Å². The average molecular weight is 250 g/mol. The van der Waals surface area contributed by atoms with Gasteiger partial charge in [0.25, 0.3) is 5.91 Å². The van der Waals surface area contributed by atoms with Crippen LogP contribution in [0.2, 0.25) is 0 Å². The second-order valence-corrected chi connectivity index (χ2v) is 4.36. The summed E-state index contributed by atoms with van der Waals surface area (Å²) in [6, 6.07) is 4.35. The molecule has 1 aliphatic rings. The smallest absolute Gasteiger partial charge is 0.308 e. The minimum absolute atomic E-state index is 0.199. The molecule has 0 unspecified atom stereocenters. The van der Waals surface area contributed by atoms with Crippen molar-refractivity contribution < 1.29 is 14.7 Å². The summed E-state index contributed by atoms with van der Waals surface area (Å²) in [6.45, 7) is 0.727. The molecule has 0 saturated carbocycles. The molecule has 2 N–H and O–H groups in total. The third-order valence-corrected chi connectivity index (χ3v) is 3.06. The van der Waals surface area contributed by atoms with Crippen LogP contribution >= 0.6 is 0 Å². The number of carbonyl (C=O) groups is 2. The molecule has 6 nitrogen and oxygen atoms in total. The molecular weight excluding hydrogens is 236 g/mol. The van der Waals surface area contributed by atoms with Crippen LogP contribution in [0.1, 0.15) is 23.3 Å². The first kappa shape index (κ1) is 12.3. The molecule has 0 radical (unpaired) electrons. The molecule has 0 bridgehead atoms. The van der Waals surface area contributed by atoms with Gasteiger partial charge in [-0.05, 0) is 18.9 Å². The number of nitrogens with one attached hydrogen (secondary N) is 1. The molecule has 1 fully saturated rings. The molecule has 96 valence electrons. The van der Waals surface area contributed by atoms with E-state index in [9.17, 15) is 14.4 Å². The summed E-state index contributed by atoms with van der Waals surface area (Å²) >= 11 is 0. The van der Waals surface area contributed by atoms with Crippen molar-refractivity contribution >= 4 is 11.9 Å². The number of amides is 1. The Bertz CT molecular complexity index is 523. The summed E-state index contributed by atoms with van der Waals surface area (Å²) in [7, 11) is 0. The lowest BCUT2D eigenvalue weighted by Crippen LogP contribution is -2.42. The number of carbonyl (C=O) groups excluding carboxylic acids is 1. The van der Waals surface area contributed by atoms with Gasteiger partial charge in [-0.25, -0.2) is 0 Å². The van der Waals surface area contributed by atoms with Gasteiger partial charge in [0, 0.05) is 19.2 Å². The molecule has 0 spiro atoms. The van der Waals surface area contributed by atoms with E-state index in [-0.39, 0.29) is 23.7 Å². The van der Waals surface area contributed by atoms with E-state index in [4.69, 9.17) is 5.11 Å². The number of aromatic amines is 1. The minimum Gasteiger partial charge on any atom is -0.481 e. The number of rotatable bonds is 2. The van der Waals surface area contributed by atoms with Crippen molar-refractivity contribution in [2.24, 2.45) is 5.92 Å². The zero-order valence-electron chi connectivity index (χ0n) is 9.76. The fraction of sp³-hybridized carbons (Fsp3) is 0.417. The van der Waals surface area contributed by atoms with Crippen LogP contribution in [0.4, 0.5) is 0 Å². The largest absolute Gasteiger partial charge is 0.481 e. The topological polar surface area (TPSA) is 90.5 Å². The molecular formula is C12H14N2O4. The van der Waals surface area contributed by atoms with Crippen molar-refractivity contribution in [1.29, 1.82) is 0 Å². The lowest BCUT2D eigenvalue weighted by molar-refractivity contribution is -0.143. The Balaban J connectivity index is 2.14. The maximum Gasteiger partial charge on any atom is 0.308 e. The van der Waals surface area contributed by atoms with Gasteiger partial charge in [0.05, 0.1) is 5.92 Å². The molecule has 1 aromatic heterocycles. The van der Waals surface area contributed by atoms with Crippen LogP contribution in [0.25, 0.3) is 0 Å². The van der Waals surface area contributed by atoms with Gasteiger partial charge in [-0.3, -0.25) is 14.4 Å². The molecule has 0 aliphatic carbocycles. The maximum atomic E-state index is 12.1. The molecule has 1 amide bonds. The number of piperidine rings is 1. The first-order valence-corrected chi connectivity index (χ1v) is 5.79. The van der Waals surface area contributed by atoms with Crippen LogP contribution in [0, 0.1) is 5.92 Å². The predicted octanol–water partition coefficient (Wildman–Crippen LogP) is 0.312. The van der Waals surface area contributed by atoms with E-state index in [1.54, 1.807) is 0 Å². The second kappa shape index (κ2) is 5.03. The third-order valence-electron chi connectivity index (χ3n) is 3.06. The zero-order valence-corrected chi connectivity index (χ0v) is 9.76. The highest BCUT2D eigenvalue weighted by Gasteiger charge is 2.28. The Kier molecular flexibility index (Phi) is 3.45. The van der Waals surface area contributed by atoms with Crippen LogP contribution < -0.4 is 5.56 Å². The molecule has 2 rings (SSSR count). The number of carboxylic acids is 1. The third kappa shape index (κ3) is 2.58. The zero-order chi connectivity index (χ0) is 13.1. The van der Waals surface area contributed by atoms with E-state index in [1.165, 1.54) is 23.1 Å². The van der Waals surface area contributed by atoms with Crippen LogP contribution in [0.15, 0.2) is 23.0 Å². The highest BCUT2D eigenvalue weighted by Crippen LogP contribution is 2.17. The first-order chi connectivity index (χ1) is 8.58. The Hall–Kier alpha value is -2.11. The van der Waals surface area contributed by atoms with E-state index in [1.807, 2.05) is 0 Å². The number of aliphatic carboxylic acids is 1. The summed E-state index contributed by atoms with van der Waals surface area (Å²) < 4.78 is 0. The Morgan fingerprint density at radius 2 is 2.17 bits per heavy atom. The monoisotopic (exact) mass is 250 g/mol. The summed E-state index contributed by atoms with van der Waals surface area (Å²) in [5.41, 5.74) is -0.138. The highest BCUT2D eigenvalue weighted by atomic mass is 16.4. The number of pyridine rings is 1. The standard InChI is InChI=1S/C12H14N2O4/c15-10-5-1-4-9(13-10)11(16)14-6-2-3-8(7-14)12(17)18/h1,4-5,8H,2-3,6-7H2,(H,13,15)(H,17,18)/t8-/m1/s1. The van der Waals surface area contributed by atoms with Gasteiger partial charge in [-0.15, -0.1) is 0 Å². The minimum atomic E-state index is -0.881. The van der Waals surface area contributed by atoms with Crippen LogP contribution in [0.3, 0.4) is 0 Å². The molecule has 1 aromatic rings. The molecule has 1 aliphatic heterocycles. The molecule has 0 aromatic carbocycles. The normalized spacial score (nSPS) is 19.6. The number of aromatic nitrogens is 1.